The molecule has 0 spiro atoms. The van der Waals surface area contributed by atoms with Crippen molar-refractivity contribution in [1.29, 1.82) is 0 Å². The number of nitrogens with one attached hydrogen (secondary N) is 1. The lowest BCUT2D eigenvalue weighted by Gasteiger charge is -2.10. The third-order valence-electron chi connectivity index (χ3n) is 3.03. The summed E-state index contributed by atoms with van der Waals surface area (Å²) in [5, 5.41) is 12.4. The summed E-state index contributed by atoms with van der Waals surface area (Å²) in [5.74, 6) is -1.89. The molecule has 0 bridgehead atoms. The largest absolute Gasteiger partial charge is 0.451 e. The molecule has 142 valence electrons. The van der Waals surface area contributed by atoms with E-state index in [9.17, 15) is 19.7 Å². The number of nitro groups is 1. The Morgan fingerprint density at radius 1 is 1.22 bits per heavy atom. The van der Waals surface area contributed by atoms with Crippen LogP contribution in [0.3, 0.4) is 0 Å². The van der Waals surface area contributed by atoms with Crippen LogP contribution in [0.4, 0.5) is 17.1 Å². The van der Waals surface area contributed by atoms with Crippen LogP contribution in [0, 0.1) is 10.1 Å². The topological polar surface area (TPSA) is 137 Å². The van der Waals surface area contributed by atoms with Gasteiger partial charge in [0.1, 0.15) is 5.02 Å². The first-order valence-electron chi connectivity index (χ1n) is 6.82. The monoisotopic (exact) mass is 452 g/mol. The van der Waals surface area contributed by atoms with Gasteiger partial charge in [-0.25, -0.2) is 9.78 Å². The predicted octanol–water partition coefficient (Wildman–Crippen LogP) is 3.98. The molecule has 0 saturated heterocycles. The van der Waals surface area contributed by atoms with Crippen LogP contribution in [0.25, 0.3) is 0 Å². The Bertz CT molecular complexity index is 954. The maximum Gasteiger partial charge on any atom is 0.359 e. The van der Waals surface area contributed by atoms with Crippen LogP contribution in [-0.2, 0) is 9.53 Å². The highest BCUT2D eigenvalue weighted by Crippen LogP contribution is 2.34. The number of nitrogen functional groups attached to an aromatic ring is 1. The van der Waals surface area contributed by atoms with Gasteiger partial charge in [0, 0.05) is 12.1 Å². The number of hydrogen-bond donors (Lipinski definition) is 2. The van der Waals surface area contributed by atoms with E-state index in [0.717, 1.165) is 6.07 Å². The number of aromatic nitrogens is 1. The molecule has 1 amide bonds. The Morgan fingerprint density at radius 3 is 2.52 bits per heavy atom. The summed E-state index contributed by atoms with van der Waals surface area (Å²) >= 11 is 23.2. The van der Waals surface area contributed by atoms with Crippen molar-refractivity contribution in [2.75, 3.05) is 17.7 Å². The van der Waals surface area contributed by atoms with Gasteiger partial charge in [0.25, 0.3) is 11.6 Å². The summed E-state index contributed by atoms with van der Waals surface area (Å²) in [6.45, 7) is -0.754. The molecule has 2 aromatic rings. The quantitative estimate of drug-likeness (QED) is 0.302. The smallest absolute Gasteiger partial charge is 0.359 e. The number of nitrogens with zero attached hydrogens (tertiary/aromatic N) is 2. The Hall–Kier alpha value is -2.33. The standard InChI is InChI=1S/C14H8Cl4N4O5/c15-6-2-1-5(22(25)26)3-7(6)20-8(23)4-27-14(24)12-9(16)11(19)10(17)13(18)21-12/h1-3H,4H2,(H2,19,21)(H,20,23). The number of benzene rings is 1. The summed E-state index contributed by atoms with van der Waals surface area (Å²) < 4.78 is 4.78. The summed E-state index contributed by atoms with van der Waals surface area (Å²) in [6.07, 6.45) is 0. The maximum absolute atomic E-state index is 12.0. The zero-order valence-corrected chi connectivity index (χ0v) is 16.0. The number of ether oxygens (including phenoxy) is 1. The number of carbonyl (C=O) groups excluding carboxylic acids is 2. The van der Waals surface area contributed by atoms with Crippen molar-refractivity contribution in [2.45, 2.75) is 0 Å². The SMILES string of the molecule is Nc1c(Cl)c(Cl)nc(C(=O)OCC(=O)Nc2cc([N+](=O)[O-])ccc2Cl)c1Cl. The van der Waals surface area contributed by atoms with E-state index in [1.807, 2.05) is 0 Å². The van der Waals surface area contributed by atoms with Crippen LogP contribution in [-0.4, -0.2) is 28.4 Å². The van der Waals surface area contributed by atoms with Gasteiger partial charge in [-0.05, 0) is 6.07 Å². The second kappa shape index (κ2) is 8.57. The number of amides is 1. The van der Waals surface area contributed by atoms with Gasteiger partial charge in [-0.1, -0.05) is 46.4 Å². The van der Waals surface area contributed by atoms with Crippen molar-refractivity contribution in [1.82, 2.24) is 4.98 Å². The first kappa shape index (κ1) is 21.0. The summed E-state index contributed by atoms with van der Waals surface area (Å²) in [6, 6.07) is 3.46. The molecule has 1 aromatic carbocycles. The normalized spacial score (nSPS) is 10.4. The minimum Gasteiger partial charge on any atom is -0.451 e. The van der Waals surface area contributed by atoms with Gasteiger partial charge in [0.15, 0.2) is 17.5 Å². The zero-order chi connectivity index (χ0) is 20.3. The van der Waals surface area contributed by atoms with E-state index in [1.165, 1.54) is 12.1 Å². The van der Waals surface area contributed by atoms with E-state index in [0.29, 0.717) is 0 Å². The van der Waals surface area contributed by atoms with Crippen molar-refractivity contribution in [3.8, 4) is 0 Å². The van der Waals surface area contributed by atoms with Crippen LogP contribution in [0.1, 0.15) is 10.5 Å². The van der Waals surface area contributed by atoms with Crippen molar-refractivity contribution in [3.05, 3.63) is 54.2 Å². The fourth-order valence-corrected chi connectivity index (χ4v) is 2.53. The van der Waals surface area contributed by atoms with Crippen molar-refractivity contribution in [3.63, 3.8) is 0 Å². The number of pyridine rings is 1. The number of nitrogens with two attached hydrogens (primary N) is 1. The Labute approximate surface area is 171 Å². The molecular formula is C14H8Cl4N4O5. The molecule has 27 heavy (non-hydrogen) atoms. The fourth-order valence-electron chi connectivity index (χ4n) is 1.77. The molecule has 0 aliphatic heterocycles. The molecule has 3 N–H and O–H groups in total. The number of rotatable bonds is 5. The average molecular weight is 454 g/mol. The molecule has 2 rings (SSSR count). The molecular weight excluding hydrogens is 446 g/mol. The van der Waals surface area contributed by atoms with Gasteiger partial charge < -0.3 is 15.8 Å². The lowest BCUT2D eigenvalue weighted by atomic mass is 10.3. The second-order valence-corrected chi connectivity index (χ2v) is 6.36. The Kier molecular flexibility index (Phi) is 6.66. The molecule has 0 atom stereocenters. The number of esters is 1. The van der Waals surface area contributed by atoms with Crippen LogP contribution < -0.4 is 11.1 Å². The summed E-state index contributed by atoms with van der Waals surface area (Å²) in [5.41, 5.74) is 4.69. The predicted molar refractivity (Wildman–Crippen MR) is 101 cm³/mol. The summed E-state index contributed by atoms with van der Waals surface area (Å²) in [7, 11) is 0. The van der Waals surface area contributed by atoms with E-state index in [2.05, 4.69) is 10.3 Å². The number of carbonyl (C=O) groups is 2. The number of hydrogen-bond acceptors (Lipinski definition) is 7. The Balaban J connectivity index is 2.07. The van der Waals surface area contributed by atoms with E-state index in [4.69, 9.17) is 56.9 Å². The first-order chi connectivity index (χ1) is 12.6. The van der Waals surface area contributed by atoms with Gasteiger partial charge in [-0.3, -0.25) is 14.9 Å². The van der Waals surface area contributed by atoms with Crippen LogP contribution >= 0.6 is 46.4 Å². The number of anilines is 2. The van der Waals surface area contributed by atoms with E-state index < -0.39 is 29.1 Å². The minimum absolute atomic E-state index is 0.0261. The second-order valence-electron chi connectivity index (χ2n) is 4.84. The number of nitro benzene ring substituents is 1. The van der Waals surface area contributed by atoms with Crippen LogP contribution in [0.15, 0.2) is 18.2 Å². The van der Waals surface area contributed by atoms with E-state index in [-0.39, 0.29) is 37.3 Å². The molecule has 0 aliphatic rings. The number of non-ortho nitro benzene ring substituents is 1. The summed E-state index contributed by atoms with van der Waals surface area (Å²) in [4.78, 5) is 37.7. The highest BCUT2D eigenvalue weighted by molar-refractivity contribution is 6.46. The van der Waals surface area contributed by atoms with Crippen LogP contribution in [0.2, 0.25) is 20.2 Å². The van der Waals surface area contributed by atoms with Gasteiger partial charge in [-0.2, -0.15) is 0 Å². The zero-order valence-electron chi connectivity index (χ0n) is 13.0. The lowest BCUT2D eigenvalue weighted by molar-refractivity contribution is -0.384. The molecule has 0 unspecified atom stereocenters. The molecule has 0 saturated carbocycles. The minimum atomic E-state index is -1.08. The molecule has 1 aromatic heterocycles. The van der Waals surface area contributed by atoms with Crippen LogP contribution in [0.5, 0.6) is 0 Å². The van der Waals surface area contributed by atoms with Gasteiger partial charge >= 0.3 is 5.97 Å². The average Bonchev–Trinajstić information content (AvgIpc) is 2.62. The Morgan fingerprint density at radius 2 is 1.89 bits per heavy atom. The highest BCUT2D eigenvalue weighted by Gasteiger charge is 2.22. The maximum atomic E-state index is 12.0. The van der Waals surface area contributed by atoms with Gasteiger partial charge in [0.2, 0.25) is 0 Å². The van der Waals surface area contributed by atoms with Crippen molar-refractivity contribution < 1.29 is 19.2 Å². The highest BCUT2D eigenvalue weighted by atomic mass is 35.5. The molecule has 9 nitrogen and oxygen atoms in total. The van der Waals surface area contributed by atoms with Gasteiger partial charge in [0.05, 0.1) is 26.3 Å². The third kappa shape index (κ3) is 4.89. The first-order valence-corrected chi connectivity index (χ1v) is 8.34. The molecule has 0 aliphatic carbocycles. The molecule has 0 radical (unpaired) electrons. The van der Waals surface area contributed by atoms with E-state index in [1.54, 1.807) is 0 Å². The number of halogens is 4. The van der Waals surface area contributed by atoms with Crippen molar-refractivity contribution in [2.24, 2.45) is 0 Å². The third-order valence-corrected chi connectivity index (χ3v) is 4.50. The van der Waals surface area contributed by atoms with E-state index >= 15 is 0 Å². The lowest BCUT2D eigenvalue weighted by Crippen LogP contribution is -2.22. The molecule has 13 heteroatoms. The fraction of sp³-hybridized carbons (Fsp3) is 0.0714. The van der Waals surface area contributed by atoms with Crippen molar-refractivity contribution >= 4 is 75.3 Å². The van der Waals surface area contributed by atoms with Gasteiger partial charge in [-0.15, -0.1) is 0 Å². The molecule has 0 fully saturated rings. The molecule has 1 heterocycles.